The van der Waals surface area contributed by atoms with Crippen molar-refractivity contribution in [3.8, 4) is 0 Å². The minimum absolute atomic E-state index is 0.148. The number of rotatable bonds is 6. The van der Waals surface area contributed by atoms with E-state index in [1.165, 1.54) is 11.1 Å². The number of aryl methyl sites for hydroxylation is 1. The topological polar surface area (TPSA) is 73.8 Å². The number of nitrogens with zero attached hydrogens (tertiary/aromatic N) is 2. The summed E-state index contributed by atoms with van der Waals surface area (Å²) in [6, 6.07) is 22.6. The highest BCUT2D eigenvalue weighted by Crippen LogP contribution is 2.25. The lowest BCUT2D eigenvalue weighted by Crippen LogP contribution is -2.27. The Kier molecular flexibility index (Phi) is 4.96. The van der Waals surface area contributed by atoms with E-state index in [0.717, 1.165) is 16.6 Å². The number of H-pyrrole nitrogens is 1. The summed E-state index contributed by atoms with van der Waals surface area (Å²) in [7, 11) is 0. The van der Waals surface area contributed by atoms with Gasteiger partial charge in [-0.05, 0) is 24.1 Å². The smallest absolute Gasteiger partial charge is 0.181 e. The van der Waals surface area contributed by atoms with Gasteiger partial charge in [0.15, 0.2) is 5.65 Å². The molecular weight excluding hydrogens is 336 g/mol. The highest BCUT2D eigenvalue weighted by molar-refractivity contribution is 5.77. The van der Waals surface area contributed by atoms with E-state index in [2.05, 4.69) is 44.8 Å². The maximum atomic E-state index is 10.7. The van der Waals surface area contributed by atoms with Crippen LogP contribution in [0.3, 0.4) is 0 Å². The molecule has 0 fully saturated rings. The molecule has 1 atom stereocenters. The number of aliphatic hydroxyl groups excluding tert-OH is 1. The number of pyridine rings is 1. The Balaban J connectivity index is 1.55. The summed E-state index contributed by atoms with van der Waals surface area (Å²) in [5.41, 5.74) is 4.75. The van der Waals surface area contributed by atoms with Crippen molar-refractivity contribution in [3.05, 3.63) is 95.3 Å². The van der Waals surface area contributed by atoms with Crippen molar-refractivity contribution in [2.45, 2.75) is 19.1 Å². The molecule has 5 nitrogen and oxygen atoms in total. The summed E-state index contributed by atoms with van der Waals surface area (Å²) in [5.74, 6) is 0.148. The van der Waals surface area contributed by atoms with Crippen LogP contribution in [0.15, 0.2) is 72.9 Å². The molecule has 0 radical (unpaired) electrons. The third kappa shape index (κ3) is 3.74. The van der Waals surface area contributed by atoms with E-state index in [-0.39, 0.29) is 5.92 Å². The molecule has 0 bridgehead atoms. The molecule has 5 heteroatoms. The molecular formula is C22H22N4O. The number of aromatic amines is 1. The van der Waals surface area contributed by atoms with Gasteiger partial charge < -0.3 is 5.11 Å². The summed E-state index contributed by atoms with van der Waals surface area (Å²) in [4.78, 5) is 4.32. The summed E-state index contributed by atoms with van der Waals surface area (Å²) in [6.45, 7) is 2.55. The zero-order chi connectivity index (χ0) is 18.6. The molecule has 1 unspecified atom stereocenters. The Hall–Kier alpha value is -3.02. The van der Waals surface area contributed by atoms with Gasteiger partial charge in [-0.15, -0.1) is 0 Å². The Morgan fingerprint density at radius 1 is 0.963 bits per heavy atom. The van der Waals surface area contributed by atoms with E-state index >= 15 is 0 Å². The summed E-state index contributed by atoms with van der Waals surface area (Å²) in [5, 5.41) is 21.9. The molecule has 0 saturated heterocycles. The molecule has 27 heavy (non-hydrogen) atoms. The van der Waals surface area contributed by atoms with Crippen molar-refractivity contribution >= 4 is 11.0 Å². The van der Waals surface area contributed by atoms with Crippen molar-refractivity contribution in [2.24, 2.45) is 0 Å². The van der Waals surface area contributed by atoms with Crippen LogP contribution in [0.25, 0.3) is 11.0 Å². The second kappa shape index (κ2) is 7.70. The molecule has 0 aliphatic carbocycles. The third-order valence-electron chi connectivity index (χ3n) is 4.86. The molecule has 4 rings (SSSR count). The fourth-order valence-electron chi connectivity index (χ4n) is 3.33. The molecule has 2 heterocycles. The van der Waals surface area contributed by atoms with Crippen molar-refractivity contribution in [1.29, 1.82) is 0 Å². The number of aromatic nitrogens is 3. The average Bonchev–Trinajstić information content (AvgIpc) is 3.10. The second-order valence-corrected chi connectivity index (χ2v) is 6.67. The Morgan fingerprint density at radius 3 is 2.22 bits per heavy atom. The number of nitrogens with one attached hydrogen (secondary N) is 2. The maximum absolute atomic E-state index is 10.7. The molecule has 0 spiro atoms. The Labute approximate surface area is 158 Å². The van der Waals surface area contributed by atoms with E-state index in [0.29, 0.717) is 12.2 Å². The van der Waals surface area contributed by atoms with Gasteiger partial charge in [-0.3, -0.25) is 10.4 Å². The molecule has 2 aromatic carbocycles. The minimum Gasteiger partial charge on any atom is -0.374 e. The third-order valence-corrected chi connectivity index (χ3v) is 4.86. The predicted octanol–water partition coefficient (Wildman–Crippen LogP) is 3.68. The molecule has 0 amide bonds. The van der Waals surface area contributed by atoms with Crippen LogP contribution in [0.5, 0.6) is 0 Å². The van der Waals surface area contributed by atoms with Gasteiger partial charge in [-0.1, -0.05) is 60.7 Å². The lowest BCUT2D eigenvalue weighted by atomic mass is 9.91. The summed E-state index contributed by atoms with van der Waals surface area (Å²) in [6.07, 6.45) is 0.867. The fourth-order valence-corrected chi connectivity index (χ4v) is 3.33. The number of aliphatic hydroxyl groups is 1. The lowest BCUT2D eigenvalue weighted by molar-refractivity contribution is 0.138. The highest BCUT2D eigenvalue weighted by atomic mass is 16.3. The molecule has 4 aromatic rings. The number of hydrogen-bond donors (Lipinski definition) is 3. The van der Waals surface area contributed by atoms with Crippen LogP contribution in [0.1, 0.15) is 34.5 Å². The molecule has 0 aliphatic rings. The van der Waals surface area contributed by atoms with Crippen LogP contribution < -0.4 is 5.32 Å². The first-order valence-corrected chi connectivity index (χ1v) is 9.04. The molecule has 0 saturated carbocycles. The summed E-state index contributed by atoms with van der Waals surface area (Å²) >= 11 is 0. The van der Waals surface area contributed by atoms with Crippen LogP contribution in [-0.2, 0) is 0 Å². The quantitative estimate of drug-likeness (QED) is 0.460. The van der Waals surface area contributed by atoms with E-state index in [1.54, 1.807) is 6.20 Å². The van der Waals surface area contributed by atoms with Crippen LogP contribution in [0, 0.1) is 6.92 Å². The Bertz CT molecular complexity index is 975. The number of benzene rings is 2. The normalized spacial score (nSPS) is 12.6. The second-order valence-electron chi connectivity index (χ2n) is 6.67. The van der Waals surface area contributed by atoms with E-state index < -0.39 is 6.23 Å². The first-order valence-electron chi connectivity index (χ1n) is 9.04. The predicted molar refractivity (Wildman–Crippen MR) is 106 cm³/mol. The molecule has 3 N–H and O–H groups in total. The van der Waals surface area contributed by atoms with E-state index in [4.69, 9.17) is 0 Å². The SMILES string of the molecule is Cc1[nH]nc2ncc(C(O)NCC(c3ccccc3)c3ccccc3)cc12. The zero-order valence-electron chi connectivity index (χ0n) is 15.1. The maximum Gasteiger partial charge on any atom is 0.181 e. The van der Waals surface area contributed by atoms with Crippen molar-refractivity contribution in [1.82, 2.24) is 20.5 Å². The molecule has 136 valence electrons. The number of fused-ring (bicyclic) bond motifs is 1. The minimum atomic E-state index is -0.800. The van der Waals surface area contributed by atoms with Crippen molar-refractivity contribution in [2.75, 3.05) is 6.54 Å². The first-order chi connectivity index (χ1) is 13.2. The van der Waals surface area contributed by atoms with Crippen LogP contribution >= 0.6 is 0 Å². The van der Waals surface area contributed by atoms with E-state index in [9.17, 15) is 5.11 Å². The van der Waals surface area contributed by atoms with Gasteiger partial charge in [-0.25, -0.2) is 4.98 Å². The monoisotopic (exact) mass is 358 g/mol. The van der Waals surface area contributed by atoms with Gasteiger partial charge in [0.25, 0.3) is 0 Å². The van der Waals surface area contributed by atoms with Gasteiger partial charge >= 0.3 is 0 Å². The number of hydrogen-bond acceptors (Lipinski definition) is 4. The van der Waals surface area contributed by atoms with Crippen molar-refractivity contribution in [3.63, 3.8) is 0 Å². The van der Waals surface area contributed by atoms with Crippen LogP contribution in [-0.4, -0.2) is 26.8 Å². The van der Waals surface area contributed by atoms with Gasteiger partial charge in [0, 0.05) is 35.3 Å². The molecule has 0 aliphatic heterocycles. The molecule has 2 aromatic heterocycles. The largest absolute Gasteiger partial charge is 0.374 e. The van der Waals surface area contributed by atoms with Gasteiger partial charge in [0.2, 0.25) is 0 Å². The first kappa shape index (κ1) is 17.4. The average molecular weight is 358 g/mol. The highest BCUT2D eigenvalue weighted by Gasteiger charge is 2.17. The van der Waals surface area contributed by atoms with E-state index in [1.807, 2.05) is 49.4 Å². The Morgan fingerprint density at radius 2 is 1.59 bits per heavy atom. The lowest BCUT2D eigenvalue weighted by Gasteiger charge is -2.21. The van der Waals surface area contributed by atoms with Gasteiger partial charge in [0.1, 0.15) is 6.23 Å². The van der Waals surface area contributed by atoms with Crippen LogP contribution in [0.4, 0.5) is 0 Å². The van der Waals surface area contributed by atoms with Crippen LogP contribution in [0.2, 0.25) is 0 Å². The fraction of sp³-hybridized carbons (Fsp3) is 0.182. The van der Waals surface area contributed by atoms with Gasteiger partial charge in [0.05, 0.1) is 0 Å². The van der Waals surface area contributed by atoms with Gasteiger partial charge in [-0.2, -0.15) is 5.10 Å². The zero-order valence-corrected chi connectivity index (χ0v) is 15.1. The van der Waals surface area contributed by atoms with Crippen molar-refractivity contribution < 1.29 is 5.11 Å². The standard InChI is InChI=1S/C22H22N4O/c1-15-19-12-18(13-23-21(19)26-25-15)22(27)24-14-20(16-8-4-2-5-9-16)17-10-6-3-7-11-17/h2-13,20,22,24,27H,14H2,1H3,(H,23,25,26). The summed E-state index contributed by atoms with van der Waals surface area (Å²) < 4.78 is 0.